The fourth-order valence-electron chi connectivity index (χ4n) is 1.81. The molecule has 9 heteroatoms. The maximum absolute atomic E-state index is 12.1. The molecule has 0 radical (unpaired) electrons. The van der Waals surface area contributed by atoms with Crippen molar-refractivity contribution in [1.82, 2.24) is 14.9 Å². The van der Waals surface area contributed by atoms with E-state index in [2.05, 4.69) is 14.7 Å². The average Bonchev–Trinajstić information content (AvgIpc) is 2.76. The molecule has 6 nitrogen and oxygen atoms in total. The minimum absolute atomic E-state index is 0.148. The van der Waals surface area contributed by atoms with E-state index in [-0.39, 0.29) is 19.1 Å². The van der Waals surface area contributed by atoms with E-state index >= 15 is 0 Å². The molecule has 0 saturated carbocycles. The van der Waals surface area contributed by atoms with E-state index in [4.69, 9.17) is 4.74 Å². The summed E-state index contributed by atoms with van der Waals surface area (Å²) in [6.45, 7) is 4.19. The summed E-state index contributed by atoms with van der Waals surface area (Å²) in [6, 6.07) is -0.359. The Morgan fingerprint density at radius 1 is 1.32 bits per heavy atom. The van der Waals surface area contributed by atoms with Crippen LogP contribution in [0.25, 0.3) is 0 Å². The molecule has 0 N–H and O–H groups in total. The second-order valence-electron chi connectivity index (χ2n) is 5.86. The summed E-state index contributed by atoms with van der Waals surface area (Å²) in [6.07, 6.45) is -3.60. The smallest absolute Gasteiger partial charge is 0.422 e. The number of halogens is 3. The van der Waals surface area contributed by atoms with Gasteiger partial charge in [0.25, 0.3) is 0 Å². The molecule has 1 aromatic rings. The quantitative estimate of drug-likeness (QED) is 0.838. The lowest BCUT2D eigenvalue weighted by Gasteiger charge is -2.23. The van der Waals surface area contributed by atoms with Crippen LogP contribution < -0.4 is 4.74 Å². The zero-order chi connectivity index (χ0) is 16.5. The molecule has 0 spiro atoms. The number of rotatable bonds is 2. The van der Waals surface area contributed by atoms with Gasteiger partial charge in [0, 0.05) is 11.8 Å². The molecule has 1 amide bonds. The van der Waals surface area contributed by atoms with Crippen molar-refractivity contribution >= 4 is 6.09 Å². The molecule has 1 aliphatic heterocycles. The minimum atomic E-state index is -4.45. The molecule has 0 aliphatic carbocycles. The molecule has 0 atom stereocenters. The lowest BCUT2D eigenvalue weighted by molar-refractivity contribution is -0.154. The predicted molar refractivity (Wildman–Crippen MR) is 69.1 cm³/mol. The van der Waals surface area contributed by atoms with Crippen molar-refractivity contribution in [3.05, 3.63) is 17.5 Å². The number of hydrogen-bond acceptors (Lipinski definition) is 5. The lowest BCUT2D eigenvalue weighted by Crippen LogP contribution is -2.33. The molecule has 1 aromatic heterocycles. The molecular weight excluding hydrogens is 303 g/mol. The minimum Gasteiger partial charge on any atom is -0.454 e. The monoisotopic (exact) mass is 319 g/mol. The third-order valence-corrected chi connectivity index (χ3v) is 2.65. The van der Waals surface area contributed by atoms with Crippen molar-refractivity contribution in [2.45, 2.75) is 45.6 Å². The molecule has 22 heavy (non-hydrogen) atoms. The zero-order valence-electron chi connectivity index (χ0n) is 12.4. The molecule has 0 fully saturated rings. The third-order valence-electron chi connectivity index (χ3n) is 2.65. The topological polar surface area (TPSA) is 64.5 Å². The summed E-state index contributed by atoms with van der Waals surface area (Å²) in [5.41, 5.74) is 0.488. The Kier molecular flexibility index (Phi) is 4.17. The molecule has 0 saturated heterocycles. The van der Waals surface area contributed by atoms with Crippen LogP contribution in [0.2, 0.25) is 0 Å². The van der Waals surface area contributed by atoms with Gasteiger partial charge >= 0.3 is 18.3 Å². The van der Waals surface area contributed by atoms with Gasteiger partial charge < -0.3 is 9.47 Å². The Morgan fingerprint density at radius 3 is 2.59 bits per heavy atom. The first-order valence-corrected chi connectivity index (χ1v) is 6.56. The number of carbonyl (C=O) groups excluding carboxylic acids is 1. The van der Waals surface area contributed by atoms with Gasteiger partial charge in [-0.25, -0.2) is 9.78 Å². The number of ether oxygens (including phenoxy) is 2. The van der Waals surface area contributed by atoms with Gasteiger partial charge in [-0.05, 0) is 20.8 Å². The maximum Gasteiger partial charge on any atom is 0.422 e. The Morgan fingerprint density at radius 2 is 2.00 bits per heavy atom. The Balaban J connectivity index is 2.01. The largest absolute Gasteiger partial charge is 0.454 e. The summed E-state index contributed by atoms with van der Waals surface area (Å²) in [7, 11) is 0. The number of alkyl halides is 3. The standard InChI is InChI=1S/C13H16F3N3O3/c1-12(2,3)22-11(20)19-5-8-4-17-10(18-9(8)6-19)21-7-13(14,15)16/h4H,5-7H2,1-3H3. The highest BCUT2D eigenvalue weighted by atomic mass is 19.4. The Hall–Kier alpha value is -2.06. The van der Waals surface area contributed by atoms with Crippen LogP contribution in [-0.2, 0) is 17.8 Å². The van der Waals surface area contributed by atoms with Crippen molar-refractivity contribution in [3.63, 3.8) is 0 Å². The highest BCUT2D eigenvalue weighted by Gasteiger charge is 2.31. The normalized spacial score (nSPS) is 14.7. The molecule has 0 aromatic carbocycles. The first kappa shape index (κ1) is 16.3. The molecule has 1 aliphatic rings. The second kappa shape index (κ2) is 5.62. The van der Waals surface area contributed by atoms with Crippen LogP contribution in [0.5, 0.6) is 6.01 Å². The molecular formula is C13H16F3N3O3. The SMILES string of the molecule is CC(C)(C)OC(=O)N1Cc2cnc(OCC(F)(F)F)nc2C1. The average molecular weight is 319 g/mol. The molecule has 0 unspecified atom stereocenters. The number of hydrogen-bond donors (Lipinski definition) is 0. The van der Waals surface area contributed by atoms with Crippen LogP contribution in [0.3, 0.4) is 0 Å². The highest BCUT2D eigenvalue weighted by Crippen LogP contribution is 2.24. The van der Waals surface area contributed by atoms with Gasteiger partial charge in [0.15, 0.2) is 6.61 Å². The van der Waals surface area contributed by atoms with Gasteiger partial charge in [-0.1, -0.05) is 0 Å². The van der Waals surface area contributed by atoms with E-state index in [1.807, 2.05) is 0 Å². The summed E-state index contributed by atoms with van der Waals surface area (Å²) in [4.78, 5) is 21.0. The van der Waals surface area contributed by atoms with E-state index in [0.717, 1.165) is 0 Å². The van der Waals surface area contributed by atoms with Gasteiger partial charge in [0.1, 0.15) is 5.60 Å². The lowest BCUT2D eigenvalue weighted by atomic mass is 10.2. The number of amides is 1. The molecule has 2 heterocycles. The van der Waals surface area contributed by atoms with Crippen molar-refractivity contribution in [2.24, 2.45) is 0 Å². The van der Waals surface area contributed by atoms with Crippen molar-refractivity contribution in [3.8, 4) is 6.01 Å². The highest BCUT2D eigenvalue weighted by molar-refractivity contribution is 5.69. The van der Waals surface area contributed by atoms with E-state index in [1.54, 1.807) is 20.8 Å². The van der Waals surface area contributed by atoms with Crippen LogP contribution in [0.4, 0.5) is 18.0 Å². The first-order valence-electron chi connectivity index (χ1n) is 6.56. The maximum atomic E-state index is 12.1. The van der Waals surface area contributed by atoms with Crippen LogP contribution in [0.15, 0.2) is 6.20 Å². The van der Waals surface area contributed by atoms with Crippen LogP contribution in [0.1, 0.15) is 32.0 Å². The number of carbonyl (C=O) groups is 1. The van der Waals surface area contributed by atoms with Crippen LogP contribution in [0, 0.1) is 0 Å². The Labute approximate surface area is 125 Å². The van der Waals surface area contributed by atoms with Crippen molar-refractivity contribution < 1.29 is 27.4 Å². The fourth-order valence-corrected chi connectivity index (χ4v) is 1.81. The predicted octanol–water partition coefficient (Wildman–Crippen LogP) is 2.67. The van der Waals surface area contributed by atoms with Gasteiger partial charge in [-0.15, -0.1) is 0 Å². The summed E-state index contributed by atoms with van der Waals surface area (Å²) >= 11 is 0. The summed E-state index contributed by atoms with van der Waals surface area (Å²) in [5.74, 6) is 0. The van der Waals surface area contributed by atoms with Gasteiger partial charge in [-0.3, -0.25) is 4.90 Å². The van der Waals surface area contributed by atoms with Crippen LogP contribution >= 0.6 is 0 Å². The first-order chi connectivity index (χ1) is 10.0. The summed E-state index contributed by atoms with van der Waals surface area (Å²) in [5, 5.41) is 0. The van der Waals surface area contributed by atoms with E-state index in [9.17, 15) is 18.0 Å². The molecule has 2 rings (SSSR count). The zero-order valence-corrected chi connectivity index (χ0v) is 12.4. The van der Waals surface area contributed by atoms with Crippen LogP contribution in [-0.4, -0.2) is 39.3 Å². The number of nitrogens with zero attached hydrogens (tertiary/aromatic N) is 3. The Bertz CT molecular complexity index is 570. The van der Waals surface area contributed by atoms with Gasteiger partial charge in [-0.2, -0.15) is 18.2 Å². The number of aromatic nitrogens is 2. The van der Waals surface area contributed by atoms with E-state index in [0.29, 0.717) is 11.3 Å². The molecule has 122 valence electrons. The van der Waals surface area contributed by atoms with E-state index < -0.39 is 24.5 Å². The third kappa shape index (κ3) is 4.47. The van der Waals surface area contributed by atoms with E-state index in [1.165, 1.54) is 11.1 Å². The van der Waals surface area contributed by atoms with Crippen molar-refractivity contribution in [1.29, 1.82) is 0 Å². The second-order valence-corrected chi connectivity index (χ2v) is 5.86. The van der Waals surface area contributed by atoms with Crippen molar-refractivity contribution in [2.75, 3.05) is 6.61 Å². The number of fused-ring (bicyclic) bond motifs is 1. The fraction of sp³-hybridized carbons (Fsp3) is 0.615. The van der Waals surface area contributed by atoms with Gasteiger partial charge in [0.2, 0.25) is 0 Å². The molecule has 0 bridgehead atoms. The summed E-state index contributed by atoms with van der Waals surface area (Å²) < 4.78 is 46.0. The van der Waals surface area contributed by atoms with Gasteiger partial charge in [0.05, 0.1) is 18.8 Å².